The third-order valence-electron chi connectivity index (χ3n) is 7.20. The molecule has 3 aliphatic heterocycles. The fourth-order valence-electron chi connectivity index (χ4n) is 5.24. The number of ether oxygens (including phenoxy) is 3. The van der Waals surface area contributed by atoms with E-state index < -0.39 is 89.3 Å². The zero-order valence-electron chi connectivity index (χ0n) is 22.6. The molecule has 22 nitrogen and oxygen atoms in total. The fourth-order valence-corrected chi connectivity index (χ4v) is 7.20. The van der Waals surface area contributed by atoms with Crippen LogP contribution in [0.4, 0.5) is 20.5 Å². The molecular formula is C20H22F2N10O12P2. The Hall–Kier alpha value is -3.54. The molecule has 3 aliphatic rings. The summed E-state index contributed by atoms with van der Waals surface area (Å²) in [4.78, 5) is 54.4. The van der Waals surface area contributed by atoms with Gasteiger partial charge < -0.3 is 40.6 Å². The normalized spacial score (nSPS) is 37.2. The summed E-state index contributed by atoms with van der Waals surface area (Å²) in [5.74, 6) is -0.681. The smallest absolute Gasteiger partial charge is 0.385 e. The molecule has 0 saturated carbocycles. The van der Waals surface area contributed by atoms with Crippen LogP contribution in [0.15, 0.2) is 17.4 Å². The molecule has 7 heterocycles. The van der Waals surface area contributed by atoms with Crippen molar-refractivity contribution in [1.29, 1.82) is 0 Å². The van der Waals surface area contributed by atoms with E-state index in [1.165, 1.54) is 0 Å². The fraction of sp³-hybridized carbons (Fsp3) is 0.500. The van der Waals surface area contributed by atoms with Gasteiger partial charge in [-0.3, -0.25) is 37.0 Å². The lowest BCUT2D eigenvalue weighted by atomic mass is 10.1. The van der Waals surface area contributed by atoms with Gasteiger partial charge in [-0.25, -0.2) is 18.9 Å². The predicted octanol–water partition coefficient (Wildman–Crippen LogP) is -1.23. The van der Waals surface area contributed by atoms with Crippen LogP contribution < -0.4 is 17.0 Å². The van der Waals surface area contributed by atoms with Crippen LogP contribution in [0, 0.1) is 6.08 Å². The Bertz CT molecular complexity index is 2000. The van der Waals surface area contributed by atoms with E-state index in [0.29, 0.717) is 0 Å². The number of phosphoric acid groups is 1. The van der Waals surface area contributed by atoms with Crippen LogP contribution >= 0.6 is 15.4 Å². The molecule has 248 valence electrons. The van der Waals surface area contributed by atoms with Crippen molar-refractivity contribution in [2.24, 2.45) is 0 Å². The van der Waals surface area contributed by atoms with Crippen LogP contribution in [0.1, 0.15) is 12.5 Å². The highest BCUT2D eigenvalue weighted by Gasteiger charge is 2.54. The topological polar surface area (TPSA) is 309 Å². The molecular weight excluding hydrogens is 672 g/mol. The van der Waals surface area contributed by atoms with Crippen molar-refractivity contribution in [2.75, 3.05) is 24.4 Å². The van der Waals surface area contributed by atoms with Crippen molar-refractivity contribution >= 4 is 49.5 Å². The molecule has 0 aliphatic carbocycles. The van der Waals surface area contributed by atoms with E-state index in [2.05, 4.69) is 29.9 Å². The van der Waals surface area contributed by atoms with E-state index in [1.807, 2.05) is 0 Å². The number of hydrogen-bond donors (Lipinski definition) is 6. The number of imidazole rings is 2. The zero-order chi connectivity index (χ0) is 32.7. The van der Waals surface area contributed by atoms with E-state index in [-0.39, 0.29) is 34.1 Å². The number of alkyl halides is 1. The highest BCUT2D eigenvalue weighted by Crippen LogP contribution is 2.53. The first-order chi connectivity index (χ1) is 21.7. The zero-order valence-corrected chi connectivity index (χ0v) is 24.4. The summed E-state index contributed by atoms with van der Waals surface area (Å²) in [6.45, 7) is -0.979. The SMILES string of the molecule is Nc1nc2c(ncn2[C@@H]2O[C@@H]3OCP(=O)(O)OC4[C@@H](COP(=O)(O)O[C@H]2C3O)O[C@@H](n2cnc3c(N)nc(F)nc32)[C@H]4F)c(=O)[nH]1. The first-order valence-electron chi connectivity index (χ1n) is 13.0. The van der Waals surface area contributed by atoms with Crippen molar-refractivity contribution < 1.29 is 60.6 Å². The van der Waals surface area contributed by atoms with Gasteiger partial charge in [-0.15, -0.1) is 0 Å². The number of nitrogens with zero attached hydrogens (tertiary/aromatic N) is 7. The van der Waals surface area contributed by atoms with E-state index >= 15 is 4.39 Å². The summed E-state index contributed by atoms with van der Waals surface area (Å²) in [6, 6.07) is 0. The van der Waals surface area contributed by atoms with Gasteiger partial charge in [-0.05, 0) is 0 Å². The summed E-state index contributed by atoms with van der Waals surface area (Å²) in [5, 5.41) is 10.9. The van der Waals surface area contributed by atoms with Crippen LogP contribution in [-0.4, -0.2) is 104 Å². The minimum Gasteiger partial charge on any atom is -0.385 e. The number of nitrogens with one attached hydrogen (secondary N) is 1. The minimum atomic E-state index is -5.23. The van der Waals surface area contributed by atoms with Crippen LogP contribution in [-0.2, 0) is 36.9 Å². The maximum atomic E-state index is 15.9. The molecule has 10 atom stereocenters. The highest BCUT2D eigenvalue weighted by atomic mass is 31.2. The van der Waals surface area contributed by atoms with Gasteiger partial charge in [0.05, 0.1) is 19.3 Å². The molecule has 0 amide bonds. The number of phosphoric ester groups is 1. The van der Waals surface area contributed by atoms with Gasteiger partial charge in [0, 0.05) is 0 Å². The van der Waals surface area contributed by atoms with Crippen molar-refractivity contribution in [3.63, 3.8) is 0 Å². The number of H-pyrrole nitrogens is 1. The van der Waals surface area contributed by atoms with E-state index in [4.69, 9.17) is 39.2 Å². The summed E-state index contributed by atoms with van der Waals surface area (Å²) in [6.07, 6.45) is -15.2. The van der Waals surface area contributed by atoms with Gasteiger partial charge >= 0.3 is 21.5 Å². The molecule has 4 aromatic rings. The van der Waals surface area contributed by atoms with Crippen LogP contribution in [0.2, 0.25) is 0 Å². The Morgan fingerprint density at radius 1 is 0.978 bits per heavy atom. The quantitative estimate of drug-likeness (QED) is 0.106. The summed E-state index contributed by atoms with van der Waals surface area (Å²) >= 11 is 0. The number of nitrogens with two attached hydrogens (primary N) is 2. The Morgan fingerprint density at radius 3 is 2.43 bits per heavy atom. The molecule has 4 unspecified atom stereocenters. The van der Waals surface area contributed by atoms with Gasteiger partial charge in [0.25, 0.3) is 5.56 Å². The average Bonchev–Trinajstić information content (AvgIpc) is 3.72. The first kappa shape index (κ1) is 31.1. The first-order valence-corrected chi connectivity index (χ1v) is 16.3. The van der Waals surface area contributed by atoms with Crippen LogP contribution in [0.5, 0.6) is 0 Å². The summed E-state index contributed by atoms with van der Waals surface area (Å²) < 4.78 is 90.1. The second-order valence-electron chi connectivity index (χ2n) is 10.2. The number of aliphatic hydroxyl groups is 1. The van der Waals surface area contributed by atoms with E-state index in [9.17, 15) is 33.2 Å². The number of aromatic amines is 1. The number of nitrogen functional groups attached to an aromatic ring is 2. The van der Waals surface area contributed by atoms with Crippen molar-refractivity contribution in [3.8, 4) is 0 Å². The lowest BCUT2D eigenvalue weighted by molar-refractivity contribution is -0.168. The average molecular weight is 694 g/mol. The minimum absolute atomic E-state index is 0.109. The van der Waals surface area contributed by atoms with Gasteiger partial charge in [-0.1, -0.05) is 0 Å². The van der Waals surface area contributed by atoms with Crippen LogP contribution in [0.3, 0.4) is 0 Å². The Balaban J connectivity index is 1.21. The van der Waals surface area contributed by atoms with Gasteiger partial charge in [-0.2, -0.15) is 19.3 Å². The second kappa shape index (κ2) is 11.0. The Labute approximate surface area is 252 Å². The molecule has 2 bridgehead atoms. The molecule has 0 aromatic carbocycles. The van der Waals surface area contributed by atoms with Gasteiger partial charge in [0.1, 0.15) is 24.4 Å². The number of aromatic nitrogens is 8. The van der Waals surface area contributed by atoms with Crippen molar-refractivity contribution in [1.82, 2.24) is 39.0 Å². The number of halogens is 2. The van der Waals surface area contributed by atoms with Crippen molar-refractivity contribution in [2.45, 2.75) is 49.3 Å². The molecule has 4 aromatic heterocycles. The maximum absolute atomic E-state index is 15.9. The molecule has 3 saturated heterocycles. The maximum Gasteiger partial charge on any atom is 0.472 e. The predicted molar refractivity (Wildman–Crippen MR) is 142 cm³/mol. The third kappa shape index (κ3) is 5.36. The second-order valence-corrected chi connectivity index (χ2v) is 13.4. The van der Waals surface area contributed by atoms with Gasteiger partial charge in [0.2, 0.25) is 5.95 Å². The number of anilines is 2. The lowest BCUT2D eigenvalue weighted by Crippen LogP contribution is -2.35. The Kier molecular flexibility index (Phi) is 7.45. The van der Waals surface area contributed by atoms with Gasteiger partial charge in [0.15, 0.2) is 59.4 Å². The Morgan fingerprint density at radius 2 is 1.67 bits per heavy atom. The molecule has 3 fully saturated rings. The highest BCUT2D eigenvalue weighted by molar-refractivity contribution is 7.52. The molecule has 7 rings (SSSR count). The summed E-state index contributed by atoms with van der Waals surface area (Å²) in [7, 11) is -10.2. The number of fused-ring (bicyclic) bond motifs is 5. The molecule has 26 heteroatoms. The molecule has 8 N–H and O–H groups in total. The molecule has 46 heavy (non-hydrogen) atoms. The largest absolute Gasteiger partial charge is 0.472 e. The van der Waals surface area contributed by atoms with E-state index in [0.717, 1.165) is 21.8 Å². The lowest BCUT2D eigenvalue weighted by Gasteiger charge is -2.25. The molecule has 0 radical (unpaired) electrons. The van der Waals surface area contributed by atoms with Crippen LogP contribution in [0.25, 0.3) is 22.3 Å². The monoisotopic (exact) mass is 694 g/mol. The number of hydrogen-bond acceptors (Lipinski definition) is 17. The number of aliphatic hydroxyl groups excluding tert-OH is 1. The van der Waals surface area contributed by atoms with Crippen molar-refractivity contribution in [3.05, 3.63) is 29.1 Å². The van der Waals surface area contributed by atoms with E-state index in [1.54, 1.807) is 0 Å². The summed E-state index contributed by atoms with van der Waals surface area (Å²) in [5.41, 5.74) is 9.76. The number of rotatable bonds is 2. The molecule has 0 spiro atoms. The third-order valence-corrected chi connectivity index (χ3v) is 9.24. The standard InChI is InChI=1S/C20H22F2N10O12P2/c21-6-10-5(41-16(6)31-2-25-7-12(23)27-19(22)28-13(7)31)1-40-46(37,38)44-11-9(33)18(39-4-45(35,36)43-10)42-17(11)32-3-26-8-14(32)29-20(24)30-15(8)34/h2-3,5-6,9-11,16-18,33H,1,4H2,(H,35,36)(H,37,38)(H2,23,27,28)(H3,24,29,30,34)/t5-,6+,9?,10?,11+,16-,17-,18+/m1/s1.